The zero-order valence-corrected chi connectivity index (χ0v) is 9.01. The van der Waals surface area contributed by atoms with Crippen molar-refractivity contribution in [1.29, 1.82) is 0 Å². The van der Waals surface area contributed by atoms with Gasteiger partial charge in [-0.3, -0.25) is 4.79 Å². The molecule has 0 saturated carbocycles. The topological polar surface area (TPSA) is 17.1 Å². The van der Waals surface area contributed by atoms with Crippen molar-refractivity contribution in [2.75, 3.05) is 0 Å². The average Bonchev–Trinajstić information content (AvgIpc) is 2.18. The minimum absolute atomic E-state index is 0.147. The number of rotatable bonds is 3. The maximum absolute atomic E-state index is 12.9. The van der Waals surface area contributed by atoms with E-state index in [1.807, 2.05) is 6.92 Å². The number of allylic oxidation sites excluding steroid dienone is 2. The Kier molecular flexibility index (Phi) is 3.81. The van der Waals surface area contributed by atoms with Crippen LogP contribution in [0.5, 0.6) is 0 Å². The van der Waals surface area contributed by atoms with E-state index in [2.05, 4.69) is 6.58 Å². The van der Waals surface area contributed by atoms with E-state index in [4.69, 9.17) is 11.6 Å². The summed E-state index contributed by atoms with van der Waals surface area (Å²) < 4.78 is 12.9. The van der Waals surface area contributed by atoms with Crippen LogP contribution in [0.1, 0.15) is 11.1 Å². The summed E-state index contributed by atoms with van der Waals surface area (Å²) in [5, 5.41) is 0.147. The van der Waals surface area contributed by atoms with E-state index < -0.39 is 0 Å². The van der Waals surface area contributed by atoms with Gasteiger partial charge >= 0.3 is 0 Å². The molecule has 0 aliphatic rings. The molecule has 0 bridgehead atoms. The summed E-state index contributed by atoms with van der Waals surface area (Å²) in [5.74, 6) is -0.350. The van der Waals surface area contributed by atoms with Crippen molar-refractivity contribution in [3.8, 4) is 0 Å². The van der Waals surface area contributed by atoms with Gasteiger partial charge < -0.3 is 0 Å². The van der Waals surface area contributed by atoms with Gasteiger partial charge in [0, 0.05) is 10.6 Å². The summed E-state index contributed by atoms with van der Waals surface area (Å²) in [5.41, 5.74) is 1.75. The van der Waals surface area contributed by atoms with Gasteiger partial charge in [0.2, 0.25) is 0 Å². The fraction of sp³-hybridized carbons (Fsp3) is 0.0833. The van der Waals surface area contributed by atoms with Crippen LogP contribution < -0.4 is 0 Å². The van der Waals surface area contributed by atoms with Gasteiger partial charge in [-0.2, -0.15) is 0 Å². The van der Waals surface area contributed by atoms with Gasteiger partial charge in [0.1, 0.15) is 5.82 Å². The molecule has 1 aromatic carbocycles. The monoisotopic (exact) mass is 224 g/mol. The Morgan fingerprint density at radius 3 is 2.73 bits per heavy atom. The van der Waals surface area contributed by atoms with E-state index in [0.717, 1.165) is 5.56 Å². The molecule has 0 N–H and O–H groups in total. The SMILES string of the molecule is C=C(Cl)/C(C=O)=C\c1cc(F)ccc1C. The molecule has 0 spiro atoms. The maximum Gasteiger partial charge on any atom is 0.151 e. The zero-order valence-electron chi connectivity index (χ0n) is 8.26. The highest BCUT2D eigenvalue weighted by molar-refractivity contribution is 6.34. The first-order valence-corrected chi connectivity index (χ1v) is 4.70. The maximum atomic E-state index is 12.9. The van der Waals surface area contributed by atoms with E-state index in [1.54, 1.807) is 6.07 Å². The van der Waals surface area contributed by atoms with Gasteiger partial charge in [0.25, 0.3) is 0 Å². The Hall–Kier alpha value is -1.41. The molecule has 0 fully saturated rings. The molecule has 0 aliphatic carbocycles. The second kappa shape index (κ2) is 4.89. The van der Waals surface area contributed by atoms with Crippen molar-refractivity contribution in [2.24, 2.45) is 0 Å². The van der Waals surface area contributed by atoms with Crippen LogP contribution in [-0.2, 0) is 4.79 Å². The molecule has 78 valence electrons. The third-order valence-electron chi connectivity index (χ3n) is 1.99. The van der Waals surface area contributed by atoms with Crippen LogP contribution in [-0.4, -0.2) is 6.29 Å². The van der Waals surface area contributed by atoms with E-state index in [-0.39, 0.29) is 16.4 Å². The Labute approximate surface area is 92.9 Å². The van der Waals surface area contributed by atoms with Crippen molar-refractivity contribution in [1.82, 2.24) is 0 Å². The first-order chi connectivity index (χ1) is 7.04. The van der Waals surface area contributed by atoms with E-state index in [1.165, 1.54) is 18.2 Å². The van der Waals surface area contributed by atoms with Crippen molar-refractivity contribution in [3.63, 3.8) is 0 Å². The van der Waals surface area contributed by atoms with Crippen molar-refractivity contribution in [2.45, 2.75) is 6.92 Å². The van der Waals surface area contributed by atoms with Crippen molar-refractivity contribution in [3.05, 3.63) is 52.3 Å². The van der Waals surface area contributed by atoms with Crippen LogP contribution in [0.4, 0.5) is 4.39 Å². The highest BCUT2D eigenvalue weighted by Crippen LogP contribution is 2.18. The van der Waals surface area contributed by atoms with Crippen LogP contribution in [0.2, 0.25) is 0 Å². The number of benzene rings is 1. The summed E-state index contributed by atoms with van der Waals surface area (Å²) in [6.45, 7) is 5.27. The van der Waals surface area contributed by atoms with Crippen LogP contribution in [0.15, 0.2) is 35.4 Å². The number of hydrogen-bond acceptors (Lipinski definition) is 1. The van der Waals surface area contributed by atoms with Gasteiger partial charge in [0.05, 0.1) is 0 Å². The number of carbonyl (C=O) groups excluding carboxylic acids is 1. The van der Waals surface area contributed by atoms with E-state index in [9.17, 15) is 9.18 Å². The summed E-state index contributed by atoms with van der Waals surface area (Å²) in [7, 11) is 0. The van der Waals surface area contributed by atoms with Gasteiger partial charge in [0.15, 0.2) is 6.29 Å². The molecule has 1 nitrogen and oxygen atoms in total. The molecule has 0 radical (unpaired) electrons. The largest absolute Gasteiger partial charge is 0.298 e. The number of halogens is 2. The molecule has 0 aliphatic heterocycles. The van der Waals surface area contributed by atoms with Gasteiger partial charge in [-0.1, -0.05) is 24.2 Å². The zero-order chi connectivity index (χ0) is 11.4. The Morgan fingerprint density at radius 2 is 2.20 bits per heavy atom. The third-order valence-corrected chi connectivity index (χ3v) is 2.21. The van der Waals surface area contributed by atoms with Crippen LogP contribution in [0, 0.1) is 12.7 Å². The summed E-state index contributed by atoms with van der Waals surface area (Å²) in [6.07, 6.45) is 2.11. The van der Waals surface area contributed by atoms with Gasteiger partial charge in [-0.15, -0.1) is 0 Å². The average molecular weight is 225 g/mol. The molecule has 0 aromatic heterocycles. The molecule has 15 heavy (non-hydrogen) atoms. The smallest absolute Gasteiger partial charge is 0.151 e. The van der Waals surface area contributed by atoms with Gasteiger partial charge in [-0.25, -0.2) is 4.39 Å². The second-order valence-corrected chi connectivity index (χ2v) is 3.58. The molecule has 3 heteroatoms. The van der Waals surface area contributed by atoms with Crippen molar-refractivity contribution < 1.29 is 9.18 Å². The van der Waals surface area contributed by atoms with E-state index in [0.29, 0.717) is 11.8 Å². The van der Waals surface area contributed by atoms with Crippen LogP contribution >= 0.6 is 11.6 Å². The predicted octanol–water partition coefficient (Wildman–Crippen LogP) is 3.47. The first-order valence-electron chi connectivity index (χ1n) is 4.32. The Balaban J connectivity index is 3.21. The third kappa shape index (κ3) is 3.03. The predicted molar refractivity (Wildman–Crippen MR) is 60.2 cm³/mol. The second-order valence-electron chi connectivity index (χ2n) is 3.12. The van der Waals surface area contributed by atoms with E-state index >= 15 is 0 Å². The fourth-order valence-electron chi connectivity index (χ4n) is 1.11. The van der Waals surface area contributed by atoms with Gasteiger partial charge in [-0.05, 0) is 36.3 Å². The fourth-order valence-corrected chi connectivity index (χ4v) is 1.21. The number of aryl methyl sites for hydroxylation is 1. The molecule has 0 heterocycles. The summed E-state index contributed by atoms with van der Waals surface area (Å²) in [6, 6.07) is 4.35. The molecule has 1 rings (SSSR count). The lowest BCUT2D eigenvalue weighted by molar-refractivity contribution is -0.104. The molecule has 0 atom stereocenters. The minimum Gasteiger partial charge on any atom is -0.298 e. The normalized spacial score (nSPS) is 11.3. The summed E-state index contributed by atoms with van der Waals surface area (Å²) >= 11 is 5.60. The molecule has 1 aromatic rings. The highest BCUT2D eigenvalue weighted by atomic mass is 35.5. The number of carbonyl (C=O) groups is 1. The number of hydrogen-bond donors (Lipinski definition) is 0. The lowest BCUT2D eigenvalue weighted by Crippen LogP contribution is -1.88. The lowest BCUT2D eigenvalue weighted by Gasteiger charge is -2.02. The minimum atomic E-state index is -0.350. The molecule has 0 unspecified atom stereocenters. The Morgan fingerprint density at radius 1 is 1.53 bits per heavy atom. The highest BCUT2D eigenvalue weighted by Gasteiger charge is 2.02. The molecular weight excluding hydrogens is 215 g/mol. The number of aldehydes is 1. The Bertz CT molecular complexity index is 435. The quantitative estimate of drug-likeness (QED) is 0.437. The molecule has 0 saturated heterocycles. The standard InChI is InChI=1S/C12H10ClFO/c1-8-3-4-12(14)6-10(8)5-11(7-15)9(2)13/h3-7H,2H2,1H3/b11-5-. The first kappa shape index (κ1) is 11.7. The van der Waals surface area contributed by atoms with Crippen LogP contribution in [0.25, 0.3) is 6.08 Å². The molecule has 0 amide bonds. The molecular formula is C12H10ClFO. The van der Waals surface area contributed by atoms with Crippen molar-refractivity contribution >= 4 is 24.0 Å². The lowest BCUT2D eigenvalue weighted by atomic mass is 10.1. The van der Waals surface area contributed by atoms with Crippen LogP contribution in [0.3, 0.4) is 0 Å². The summed E-state index contributed by atoms with van der Waals surface area (Å²) in [4.78, 5) is 10.6.